The molecule has 10 nitrogen and oxygen atoms in total. The summed E-state index contributed by atoms with van der Waals surface area (Å²) in [6.07, 6.45) is 3.40. The Hall–Kier alpha value is -2.30. The molecule has 2 fully saturated rings. The van der Waals surface area contributed by atoms with E-state index in [0.29, 0.717) is 23.0 Å². The van der Waals surface area contributed by atoms with Crippen LogP contribution in [0.1, 0.15) is 45.8 Å². The molecule has 0 radical (unpaired) electrons. The Labute approximate surface area is 168 Å². The SMILES string of the molecule is CC(C)C(=O)OCC1OC(n2cnc3c(NC4CCCC4)ncnc32)[C@H](O)[C@@H]1O. The van der Waals surface area contributed by atoms with E-state index in [9.17, 15) is 15.0 Å². The van der Waals surface area contributed by atoms with Gasteiger partial charge in [-0.1, -0.05) is 26.7 Å². The number of nitrogens with zero attached hydrogens (tertiary/aromatic N) is 4. The summed E-state index contributed by atoms with van der Waals surface area (Å²) in [4.78, 5) is 24.7. The van der Waals surface area contributed by atoms with Gasteiger partial charge in [0.25, 0.3) is 0 Å². The fourth-order valence-corrected chi connectivity index (χ4v) is 3.83. The van der Waals surface area contributed by atoms with Gasteiger partial charge in [-0.15, -0.1) is 0 Å². The van der Waals surface area contributed by atoms with Crippen molar-refractivity contribution in [2.45, 2.75) is 70.1 Å². The van der Waals surface area contributed by atoms with Crippen LogP contribution < -0.4 is 5.32 Å². The molecule has 1 aliphatic carbocycles. The van der Waals surface area contributed by atoms with Gasteiger partial charge in [0.1, 0.15) is 31.2 Å². The molecule has 4 atom stereocenters. The quantitative estimate of drug-likeness (QED) is 0.602. The number of anilines is 1. The summed E-state index contributed by atoms with van der Waals surface area (Å²) in [7, 11) is 0. The average Bonchev–Trinajstić information content (AvgIpc) is 3.42. The molecule has 2 aliphatic rings. The number of hydrogen-bond acceptors (Lipinski definition) is 9. The van der Waals surface area contributed by atoms with E-state index in [1.54, 1.807) is 18.4 Å². The highest BCUT2D eigenvalue weighted by Gasteiger charge is 2.45. The summed E-state index contributed by atoms with van der Waals surface area (Å²) < 4.78 is 12.5. The summed E-state index contributed by atoms with van der Waals surface area (Å²) >= 11 is 0. The molecule has 10 heteroatoms. The third-order valence-electron chi connectivity index (χ3n) is 5.53. The first-order chi connectivity index (χ1) is 14.0. The second-order valence-electron chi connectivity index (χ2n) is 8.00. The second-order valence-corrected chi connectivity index (χ2v) is 8.00. The fourth-order valence-electron chi connectivity index (χ4n) is 3.83. The number of aliphatic hydroxyl groups is 2. The largest absolute Gasteiger partial charge is 0.463 e. The van der Waals surface area contributed by atoms with Gasteiger partial charge in [-0.2, -0.15) is 0 Å². The zero-order valence-corrected chi connectivity index (χ0v) is 16.6. The predicted octanol–water partition coefficient (Wildman–Crippen LogP) is 0.999. The first-order valence-electron chi connectivity index (χ1n) is 10.1. The highest BCUT2D eigenvalue weighted by molar-refractivity contribution is 5.82. The minimum Gasteiger partial charge on any atom is -0.463 e. The van der Waals surface area contributed by atoms with Gasteiger partial charge in [-0.3, -0.25) is 9.36 Å². The van der Waals surface area contributed by atoms with Crippen LogP contribution in [0.2, 0.25) is 0 Å². The summed E-state index contributed by atoms with van der Waals surface area (Å²) in [5.41, 5.74) is 1.08. The van der Waals surface area contributed by atoms with Crippen molar-refractivity contribution in [3.8, 4) is 0 Å². The van der Waals surface area contributed by atoms with Crippen molar-refractivity contribution >= 4 is 23.0 Å². The molecule has 1 aliphatic heterocycles. The van der Waals surface area contributed by atoms with Crippen LogP contribution in [0.25, 0.3) is 11.2 Å². The van der Waals surface area contributed by atoms with Crippen molar-refractivity contribution in [2.75, 3.05) is 11.9 Å². The van der Waals surface area contributed by atoms with Crippen LogP contribution in [-0.2, 0) is 14.3 Å². The monoisotopic (exact) mass is 405 g/mol. The third-order valence-corrected chi connectivity index (χ3v) is 5.53. The lowest BCUT2D eigenvalue weighted by molar-refractivity contribution is -0.153. The normalized spacial score (nSPS) is 27.8. The molecular weight excluding hydrogens is 378 g/mol. The topological polar surface area (TPSA) is 132 Å². The molecular formula is C19H27N5O5. The van der Waals surface area contributed by atoms with Crippen LogP contribution in [0.4, 0.5) is 5.82 Å². The number of imidazole rings is 1. The maximum atomic E-state index is 11.7. The maximum absolute atomic E-state index is 11.7. The van der Waals surface area contributed by atoms with Gasteiger partial charge in [-0.05, 0) is 12.8 Å². The lowest BCUT2D eigenvalue weighted by Gasteiger charge is -2.17. The van der Waals surface area contributed by atoms with Crippen molar-refractivity contribution in [2.24, 2.45) is 5.92 Å². The molecule has 3 N–H and O–H groups in total. The first kappa shape index (κ1) is 20.0. The standard InChI is InChI=1S/C19H27N5O5/c1-10(2)19(27)28-7-12-14(25)15(26)18(29-12)24-9-22-13-16(20-8-21-17(13)24)23-11-5-3-4-6-11/h8-12,14-15,18,25-26H,3-7H2,1-2H3,(H,20,21,23)/t12?,14-,15-,18?/m1/s1. The van der Waals surface area contributed by atoms with Crippen molar-refractivity contribution in [3.05, 3.63) is 12.7 Å². The molecule has 2 unspecified atom stereocenters. The van der Waals surface area contributed by atoms with E-state index >= 15 is 0 Å². The van der Waals surface area contributed by atoms with E-state index in [4.69, 9.17) is 9.47 Å². The zero-order chi connectivity index (χ0) is 20.5. The molecule has 158 valence electrons. The Morgan fingerprint density at radius 1 is 1.28 bits per heavy atom. The number of fused-ring (bicyclic) bond motifs is 1. The molecule has 1 saturated heterocycles. The van der Waals surface area contributed by atoms with Crippen molar-refractivity contribution in [3.63, 3.8) is 0 Å². The van der Waals surface area contributed by atoms with Crippen LogP contribution in [0, 0.1) is 5.92 Å². The van der Waals surface area contributed by atoms with Gasteiger partial charge in [-0.25, -0.2) is 15.0 Å². The Balaban J connectivity index is 1.52. The highest BCUT2D eigenvalue weighted by atomic mass is 16.6. The van der Waals surface area contributed by atoms with Crippen LogP contribution >= 0.6 is 0 Å². The average molecular weight is 405 g/mol. The van der Waals surface area contributed by atoms with Crippen LogP contribution in [0.5, 0.6) is 0 Å². The first-order valence-corrected chi connectivity index (χ1v) is 10.1. The Morgan fingerprint density at radius 3 is 2.76 bits per heavy atom. The minimum absolute atomic E-state index is 0.137. The van der Waals surface area contributed by atoms with Gasteiger partial charge in [0, 0.05) is 6.04 Å². The van der Waals surface area contributed by atoms with Crippen LogP contribution in [0.15, 0.2) is 12.7 Å². The number of aliphatic hydroxyl groups excluding tert-OH is 2. The molecule has 3 heterocycles. The molecule has 4 rings (SSSR count). The minimum atomic E-state index is -1.21. The predicted molar refractivity (Wildman–Crippen MR) is 103 cm³/mol. The number of hydrogen-bond donors (Lipinski definition) is 3. The number of carbonyl (C=O) groups is 1. The summed E-state index contributed by atoms with van der Waals surface area (Å²) in [5, 5.41) is 24.3. The van der Waals surface area contributed by atoms with E-state index in [-0.39, 0.29) is 18.5 Å². The fraction of sp³-hybridized carbons (Fsp3) is 0.684. The van der Waals surface area contributed by atoms with E-state index < -0.39 is 24.5 Å². The highest BCUT2D eigenvalue weighted by Crippen LogP contribution is 2.33. The van der Waals surface area contributed by atoms with E-state index in [1.807, 2.05) is 0 Å². The molecule has 1 saturated carbocycles. The van der Waals surface area contributed by atoms with Gasteiger partial charge in [0.05, 0.1) is 12.2 Å². The van der Waals surface area contributed by atoms with Gasteiger partial charge in [0.2, 0.25) is 0 Å². The molecule has 0 aromatic carbocycles. The van der Waals surface area contributed by atoms with E-state index in [0.717, 1.165) is 12.8 Å². The summed E-state index contributed by atoms with van der Waals surface area (Å²) in [6.45, 7) is 3.31. The smallest absolute Gasteiger partial charge is 0.308 e. The Morgan fingerprint density at radius 2 is 2.03 bits per heavy atom. The van der Waals surface area contributed by atoms with Crippen LogP contribution in [0.3, 0.4) is 0 Å². The summed E-state index contributed by atoms with van der Waals surface area (Å²) in [5.74, 6) is -0.0207. The second kappa shape index (κ2) is 8.21. The number of carbonyl (C=O) groups excluding carboxylic acids is 1. The van der Waals surface area contributed by atoms with Crippen molar-refractivity contribution in [1.29, 1.82) is 0 Å². The van der Waals surface area contributed by atoms with Gasteiger partial charge < -0.3 is 25.0 Å². The zero-order valence-electron chi connectivity index (χ0n) is 16.6. The van der Waals surface area contributed by atoms with E-state index in [2.05, 4.69) is 20.3 Å². The molecule has 0 amide bonds. The van der Waals surface area contributed by atoms with Crippen molar-refractivity contribution < 1.29 is 24.5 Å². The Kier molecular flexibility index (Phi) is 5.66. The Bertz CT molecular complexity index is 866. The number of esters is 1. The maximum Gasteiger partial charge on any atom is 0.308 e. The van der Waals surface area contributed by atoms with Gasteiger partial charge in [0.15, 0.2) is 23.2 Å². The molecule has 0 bridgehead atoms. The number of nitrogens with one attached hydrogen (secondary N) is 1. The number of ether oxygens (including phenoxy) is 2. The molecule has 2 aromatic rings. The molecule has 2 aromatic heterocycles. The molecule has 0 spiro atoms. The van der Waals surface area contributed by atoms with Crippen LogP contribution in [-0.4, -0.2) is 66.7 Å². The lowest BCUT2D eigenvalue weighted by atomic mass is 10.1. The molecule has 29 heavy (non-hydrogen) atoms. The summed E-state index contributed by atoms with van der Waals surface area (Å²) in [6, 6.07) is 0.369. The lowest BCUT2D eigenvalue weighted by Crippen LogP contribution is -2.34. The third kappa shape index (κ3) is 3.92. The van der Waals surface area contributed by atoms with Gasteiger partial charge >= 0.3 is 5.97 Å². The number of rotatable bonds is 6. The van der Waals surface area contributed by atoms with Crippen molar-refractivity contribution in [1.82, 2.24) is 19.5 Å². The van der Waals surface area contributed by atoms with E-state index in [1.165, 1.54) is 25.5 Å². The number of aromatic nitrogens is 4.